The molecule has 1 N–H and O–H groups in total. The number of nitrogens with one attached hydrogen (secondary N) is 1. The van der Waals surface area contributed by atoms with Crippen LogP contribution in [0.3, 0.4) is 0 Å². The van der Waals surface area contributed by atoms with E-state index in [2.05, 4.69) is 22.4 Å². The van der Waals surface area contributed by atoms with Crippen LogP contribution in [0, 0.1) is 0 Å². The van der Waals surface area contributed by atoms with Crippen molar-refractivity contribution in [3.05, 3.63) is 60.0 Å². The van der Waals surface area contributed by atoms with Crippen molar-refractivity contribution in [3.63, 3.8) is 0 Å². The Morgan fingerprint density at radius 3 is 2.53 bits per heavy atom. The van der Waals surface area contributed by atoms with Crippen molar-refractivity contribution < 1.29 is 23.5 Å². The zero-order valence-corrected chi connectivity index (χ0v) is 17.9. The topological polar surface area (TPSA) is 107 Å². The van der Waals surface area contributed by atoms with E-state index in [1.807, 2.05) is 36.4 Å². The smallest absolute Gasteiger partial charge is 0.322 e. The summed E-state index contributed by atoms with van der Waals surface area (Å²) in [6.45, 7) is 2.30. The lowest BCUT2D eigenvalue weighted by molar-refractivity contribution is -0.118. The number of methoxy groups -OCH3 is 1. The van der Waals surface area contributed by atoms with Crippen LogP contribution in [0.25, 0.3) is 0 Å². The van der Waals surface area contributed by atoms with Crippen molar-refractivity contribution in [1.29, 1.82) is 0 Å². The first-order valence-corrected chi connectivity index (χ1v) is 10.3. The van der Waals surface area contributed by atoms with Gasteiger partial charge in [0.25, 0.3) is 5.91 Å². The Morgan fingerprint density at radius 1 is 1.12 bits per heavy atom. The average Bonchev–Trinajstić information content (AvgIpc) is 3.44. The fourth-order valence-electron chi connectivity index (χ4n) is 3.46. The zero-order chi connectivity index (χ0) is 22.5. The van der Waals surface area contributed by atoms with Gasteiger partial charge in [0.05, 0.1) is 13.0 Å². The summed E-state index contributed by atoms with van der Waals surface area (Å²) < 4.78 is 16.2. The van der Waals surface area contributed by atoms with Crippen molar-refractivity contribution in [3.8, 4) is 11.5 Å². The third-order valence-electron chi connectivity index (χ3n) is 5.25. The quantitative estimate of drug-likeness (QED) is 0.578. The first-order chi connectivity index (χ1) is 15.6. The number of hydrogen-bond donors (Lipinski definition) is 1. The molecule has 9 heteroatoms. The molecular weight excluding hydrogens is 412 g/mol. The van der Waals surface area contributed by atoms with E-state index in [1.165, 1.54) is 5.56 Å². The number of carbonyl (C=O) groups excluding carboxylic acids is 2. The molecule has 2 amide bonds. The summed E-state index contributed by atoms with van der Waals surface area (Å²) in [6, 6.07) is 14.8. The fourth-order valence-corrected chi connectivity index (χ4v) is 3.46. The van der Waals surface area contributed by atoms with E-state index in [0.29, 0.717) is 18.2 Å². The summed E-state index contributed by atoms with van der Waals surface area (Å²) >= 11 is 0. The molecule has 1 atom stereocenters. The molecule has 1 fully saturated rings. The van der Waals surface area contributed by atoms with Crippen LogP contribution in [0.1, 0.15) is 30.7 Å². The first kappa shape index (κ1) is 21.4. The Bertz CT molecular complexity index is 1080. The maximum atomic E-state index is 12.5. The van der Waals surface area contributed by atoms with Crippen LogP contribution < -0.4 is 19.7 Å². The Morgan fingerprint density at radius 2 is 1.84 bits per heavy atom. The van der Waals surface area contributed by atoms with E-state index in [4.69, 9.17) is 13.9 Å². The molecule has 1 unspecified atom stereocenters. The highest BCUT2D eigenvalue weighted by atomic mass is 16.5. The van der Waals surface area contributed by atoms with Gasteiger partial charge in [-0.3, -0.25) is 14.9 Å². The van der Waals surface area contributed by atoms with Crippen molar-refractivity contribution >= 4 is 23.5 Å². The van der Waals surface area contributed by atoms with Gasteiger partial charge in [-0.25, -0.2) is 0 Å². The van der Waals surface area contributed by atoms with Crippen LogP contribution in [0.4, 0.5) is 11.7 Å². The molecular formula is C23H24N4O5. The molecule has 1 aliphatic heterocycles. The van der Waals surface area contributed by atoms with Gasteiger partial charge in [0.1, 0.15) is 11.5 Å². The average molecular weight is 436 g/mol. The fraction of sp³-hybridized carbons (Fsp3) is 0.304. The van der Waals surface area contributed by atoms with Crippen LogP contribution in [-0.4, -0.2) is 42.3 Å². The minimum Gasteiger partial charge on any atom is -0.497 e. The highest BCUT2D eigenvalue weighted by Gasteiger charge is 2.35. The second-order valence-corrected chi connectivity index (χ2v) is 7.38. The number of amides is 2. The number of benzene rings is 2. The van der Waals surface area contributed by atoms with Gasteiger partial charge in [-0.2, -0.15) is 0 Å². The molecule has 0 bridgehead atoms. The van der Waals surface area contributed by atoms with Gasteiger partial charge < -0.3 is 18.8 Å². The van der Waals surface area contributed by atoms with Crippen molar-refractivity contribution in [2.45, 2.75) is 25.7 Å². The summed E-state index contributed by atoms with van der Waals surface area (Å²) in [5.41, 5.74) is 1.96. The molecule has 1 aliphatic rings. The number of anilines is 2. The summed E-state index contributed by atoms with van der Waals surface area (Å²) in [5, 5.41) is 10.4. The lowest BCUT2D eigenvalue weighted by Gasteiger charge is -2.16. The number of aromatic nitrogens is 2. The number of rotatable bonds is 8. The number of carbonyl (C=O) groups is 2. The largest absolute Gasteiger partial charge is 0.497 e. The molecule has 2 aromatic carbocycles. The SMILES string of the molecule is CCc1ccc(OCC(=O)Nc2nnc(C3CC(=O)N(c4ccc(OC)cc4)C3)o2)cc1. The number of ether oxygens (including phenoxy) is 2. The first-order valence-electron chi connectivity index (χ1n) is 10.3. The van der Waals surface area contributed by atoms with Gasteiger partial charge in [0.2, 0.25) is 11.8 Å². The molecule has 0 aliphatic carbocycles. The molecule has 3 aromatic rings. The molecule has 1 saturated heterocycles. The Balaban J connectivity index is 1.31. The number of aryl methyl sites for hydroxylation is 1. The highest BCUT2D eigenvalue weighted by Crippen LogP contribution is 2.32. The second kappa shape index (κ2) is 9.51. The van der Waals surface area contributed by atoms with E-state index >= 15 is 0 Å². The Labute approximate surface area is 185 Å². The second-order valence-electron chi connectivity index (χ2n) is 7.38. The van der Waals surface area contributed by atoms with E-state index in [-0.39, 0.29) is 30.9 Å². The lowest BCUT2D eigenvalue weighted by atomic mass is 10.1. The van der Waals surface area contributed by atoms with Crippen LogP contribution in [0.2, 0.25) is 0 Å². The molecule has 1 aromatic heterocycles. The van der Waals surface area contributed by atoms with Gasteiger partial charge in [-0.1, -0.05) is 24.2 Å². The number of hydrogen-bond acceptors (Lipinski definition) is 7. The van der Waals surface area contributed by atoms with E-state index in [0.717, 1.165) is 17.9 Å². The molecule has 166 valence electrons. The van der Waals surface area contributed by atoms with Gasteiger partial charge in [-0.15, -0.1) is 5.10 Å². The summed E-state index contributed by atoms with van der Waals surface area (Å²) in [4.78, 5) is 26.3. The van der Waals surface area contributed by atoms with Crippen LogP contribution in [-0.2, 0) is 16.0 Å². The normalized spacial score (nSPS) is 15.6. The minimum atomic E-state index is -0.415. The lowest BCUT2D eigenvalue weighted by Crippen LogP contribution is -2.24. The van der Waals surface area contributed by atoms with Crippen LogP contribution >= 0.6 is 0 Å². The minimum absolute atomic E-state index is 0.0229. The van der Waals surface area contributed by atoms with E-state index in [1.54, 1.807) is 24.1 Å². The maximum absolute atomic E-state index is 12.5. The van der Waals surface area contributed by atoms with Gasteiger partial charge in [-0.05, 0) is 48.4 Å². The summed E-state index contributed by atoms with van der Waals surface area (Å²) in [6.07, 6.45) is 1.18. The van der Waals surface area contributed by atoms with Crippen molar-refractivity contribution in [2.24, 2.45) is 0 Å². The Kier molecular flexibility index (Phi) is 6.34. The maximum Gasteiger partial charge on any atom is 0.322 e. The van der Waals surface area contributed by atoms with Gasteiger partial charge in [0.15, 0.2) is 6.61 Å². The molecule has 0 radical (unpaired) electrons. The Hall–Kier alpha value is -3.88. The predicted octanol–water partition coefficient (Wildman–Crippen LogP) is 3.18. The molecule has 32 heavy (non-hydrogen) atoms. The monoisotopic (exact) mass is 436 g/mol. The molecule has 0 saturated carbocycles. The van der Waals surface area contributed by atoms with Crippen molar-refractivity contribution in [1.82, 2.24) is 10.2 Å². The molecule has 4 rings (SSSR count). The molecule has 2 heterocycles. The summed E-state index contributed by atoms with van der Waals surface area (Å²) in [7, 11) is 1.59. The van der Waals surface area contributed by atoms with E-state index < -0.39 is 5.91 Å². The third-order valence-corrected chi connectivity index (χ3v) is 5.25. The van der Waals surface area contributed by atoms with Gasteiger partial charge in [0, 0.05) is 18.7 Å². The zero-order valence-electron chi connectivity index (χ0n) is 17.9. The predicted molar refractivity (Wildman–Crippen MR) is 117 cm³/mol. The molecule has 9 nitrogen and oxygen atoms in total. The van der Waals surface area contributed by atoms with E-state index in [9.17, 15) is 9.59 Å². The summed E-state index contributed by atoms with van der Waals surface area (Å²) in [5.74, 6) is 0.924. The molecule has 0 spiro atoms. The van der Waals surface area contributed by atoms with Crippen molar-refractivity contribution in [2.75, 3.05) is 30.5 Å². The van der Waals surface area contributed by atoms with Gasteiger partial charge >= 0.3 is 6.01 Å². The highest BCUT2D eigenvalue weighted by molar-refractivity contribution is 5.96. The number of nitrogens with zero attached hydrogens (tertiary/aromatic N) is 3. The van der Waals surface area contributed by atoms with Crippen LogP contribution in [0.5, 0.6) is 11.5 Å². The standard InChI is InChI=1S/C23H24N4O5/c1-3-15-4-8-19(9-5-15)31-14-20(28)24-23-26-25-22(32-23)16-12-21(29)27(13-16)17-6-10-18(30-2)11-7-17/h4-11,16H,3,12-14H2,1-2H3,(H,24,26,28). The third kappa shape index (κ3) is 4.88. The van der Waals surface area contributed by atoms with Crippen LogP contribution in [0.15, 0.2) is 52.9 Å².